The molecule has 40 heavy (non-hydrogen) atoms. The van der Waals surface area contributed by atoms with Crippen molar-refractivity contribution in [1.29, 1.82) is 0 Å². The number of amides is 2. The number of rotatable bonds is 13. The fourth-order valence-electron chi connectivity index (χ4n) is 4.14. The van der Waals surface area contributed by atoms with Crippen molar-refractivity contribution in [1.82, 2.24) is 10.2 Å². The van der Waals surface area contributed by atoms with Crippen LogP contribution in [0.3, 0.4) is 0 Å². The third kappa shape index (κ3) is 7.73. The molecule has 0 aromatic heterocycles. The van der Waals surface area contributed by atoms with E-state index < -0.39 is 34.3 Å². The molecule has 0 unspecified atom stereocenters. The summed E-state index contributed by atoms with van der Waals surface area (Å²) in [4.78, 5) is 28.1. The standard InChI is InChI=1S/C29H33ClFN3O5S/c1-4-27(29(36)32-5-2)33(19-21-7-9-22(30)10-8-21)28(35)20-34(24-13-11-23(31)12-14-24)40(37,38)26-17-15-25(16-18-26)39-6-3/h7-18,27H,4-6,19-20H2,1-3H3,(H,32,36)/t27-/m1/s1. The molecule has 0 bridgehead atoms. The Balaban J connectivity index is 2.04. The van der Waals surface area contributed by atoms with E-state index in [2.05, 4.69) is 5.32 Å². The molecule has 0 aliphatic carbocycles. The second-order valence-corrected chi connectivity index (χ2v) is 11.2. The zero-order valence-electron chi connectivity index (χ0n) is 22.6. The van der Waals surface area contributed by atoms with Gasteiger partial charge in [-0.1, -0.05) is 30.7 Å². The summed E-state index contributed by atoms with van der Waals surface area (Å²) in [5.74, 6) is -1.02. The smallest absolute Gasteiger partial charge is 0.264 e. The van der Waals surface area contributed by atoms with Crippen molar-refractivity contribution in [2.45, 2.75) is 44.7 Å². The lowest BCUT2D eigenvalue weighted by molar-refractivity contribution is -0.140. The molecule has 8 nitrogen and oxygen atoms in total. The summed E-state index contributed by atoms with van der Waals surface area (Å²) >= 11 is 6.02. The minimum atomic E-state index is -4.28. The van der Waals surface area contributed by atoms with Crippen LogP contribution in [0.15, 0.2) is 77.7 Å². The van der Waals surface area contributed by atoms with Gasteiger partial charge in [0.2, 0.25) is 11.8 Å². The summed E-state index contributed by atoms with van der Waals surface area (Å²) < 4.78 is 47.8. The lowest BCUT2D eigenvalue weighted by Crippen LogP contribution is -2.52. The fraction of sp³-hybridized carbons (Fsp3) is 0.310. The molecule has 0 spiro atoms. The normalized spacial score (nSPS) is 11.9. The Morgan fingerprint density at radius 3 is 2.12 bits per heavy atom. The summed E-state index contributed by atoms with van der Waals surface area (Å²) in [6.07, 6.45) is 0.299. The van der Waals surface area contributed by atoms with E-state index in [1.54, 1.807) is 38.1 Å². The van der Waals surface area contributed by atoms with E-state index in [9.17, 15) is 22.4 Å². The maximum Gasteiger partial charge on any atom is 0.264 e. The number of nitrogens with zero attached hydrogens (tertiary/aromatic N) is 2. The van der Waals surface area contributed by atoms with Gasteiger partial charge in [-0.3, -0.25) is 13.9 Å². The minimum absolute atomic E-state index is 0.0476. The molecule has 2 amide bonds. The van der Waals surface area contributed by atoms with Crippen molar-refractivity contribution in [3.63, 3.8) is 0 Å². The second-order valence-electron chi connectivity index (χ2n) is 8.86. The van der Waals surface area contributed by atoms with Gasteiger partial charge in [-0.25, -0.2) is 12.8 Å². The van der Waals surface area contributed by atoms with Gasteiger partial charge in [0, 0.05) is 18.1 Å². The van der Waals surface area contributed by atoms with Crippen LogP contribution in [-0.4, -0.2) is 50.9 Å². The molecule has 214 valence electrons. The molecule has 0 radical (unpaired) electrons. The largest absolute Gasteiger partial charge is 0.494 e. The van der Waals surface area contributed by atoms with Crippen molar-refractivity contribution < 1.29 is 27.1 Å². The Morgan fingerprint density at radius 1 is 0.950 bits per heavy atom. The third-order valence-electron chi connectivity index (χ3n) is 6.12. The lowest BCUT2D eigenvalue weighted by atomic mass is 10.1. The molecule has 3 aromatic carbocycles. The topological polar surface area (TPSA) is 96.0 Å². The summed E-state index contributed by atoms with van der Waals surface area (Å²) in [6, 6.07) is 16.6. The number of halogens is 2. The Morgan fingerprint density at radius 2 is 1.57 bits per heavy atom. The maximum atomic E-state index is 13.9. The van der Waals surface area contributed by atoms with Gasteiger partial charge in [-0.2, -0.15) is 0 Å². The van der Waals surface area contributed by atoms with Crippen molar-refractivity contribution in [3.8, 4) is 5.75 Å². The number of anilines is 1. The number of carbonyl (C=O) groups is 2. The van der Waals surface area contributed by atoms with Gasteiger partial charge in [0.25, 0.3) is 10.0 Å². The number of carbonyl (C=O) groups excluding carboxylic acids is 2. The Labute approximate surface area is 239 Å². The second kappa shape index (κ2) is 14.1. The fourth-order valence-corrected chi connectivity index (χ4v) is 5.68. The zero-order chi connectivity index (χ0) is 29.3. The van der Waals surface area contributed by atoms with E-state index in [1.807, 2.05) is 6.92 Å². The number of nitrogens with one attached hydrogen (secondary N) is 1. The first-order valence-corrected chi connectivity index (χ1v) is 14.7. The summed E-state index contributed by atoms with van der Waals surface area (Å²) in [5.41, 5.74) is 0.810. The highest BCUT2D eigenvalue weighted by Crippen LogP contribution is 2.26. The minimum Gasteiger partial charge on any atom is -0.494 e. The molecular formula is C29H33ClFN3O5S. The molecule has 1 N–H and O–H groups in total. The first-order chi connectivity index (χ1) is 19.1. The lowest BCUT2D eigenvalue weighted by Gasteiger charge is -2.33. The molecule has 3 aromatic rings. The summed E-state index contributed by atoms with van der Waals surface area (Å²) in [6.45, 7) is 5.57. The van der Waals surface area contributed by atoms with Crippen LogP contribution in [0.1, 0.15) is 32.8 Å². The molecule has 0 aliphatic heterocycles. The monoisotopic (exact) mass is 589 g/mol. The van der Waals surface area contributed by atoms with Crippen molar-refractivity contribution in [2.75, 3.05) is 24.0 Å². The molecule has 0 saturated heterocycles. The highest BCUT2D eigenvalue weighted by Gasteiger charge is 2.33. The highest BCUT2D eigenvalue weighted by molar-refractivity contribution is 7.92. The number of ether oxygens (including phenoxy) is 1. The molecule has 11 heteroatoms. The van der Waals surface area contributed by atoms with Gasteiger partial charge in [0.05, 0.1) is 17.2 Å². The SMILES string of the molecule is CCNC(=O)[C@@H](CC)N(Cc1ccc(Cl)cc1)C(=O)CN(c1ccc(F)cc1)S(=O)(=O)c1ccc(OCC)cc1. The van der Waals surface area contributed by atoms with E-state index in [0.717, 1.165) is 16.4 Å². The van der Waals surface area contributed by atoms with Gasteiger partial charge in [0.1, 0.15) is 24.2 Å². The van der Waals surface area contributed by atoms with Gasteiger partial charge < -0.3 is 15.0 Å². The number of sulfonamides is 1. The van der Waals surface area contributed by atoms with Crippen LogP contribution in [0.4, 0.5) is 10.1 Å². The average Bonchev–Trinajstić information content (AvgIpc) is 2.93. The molecule has 0 saturated carbocycles. The molecule has 3 rings (SSSR count). The van der Waals surface area contributed by atoms with E-state index in [4.69, 9.17) is 16.3 Å². The van der Waals surface area contributed by atoms with Crippen LogP contribution in [0.25, 0.3) is 0 Å². The van der Waals surface area contributed by atoms with Crippen molar-refractivity contribution in [2.24, 2.45) is 0 Å². The predicted octanol–water partition coefficient (Wildman–Crippen LogP) is 5.02. The Hall–Kier alpha value is -3.63. The van der Waals surface area contributed by atoms with Gasteiger partial charge in [-0.15, -0.1) is 0 Å². The number of benzene rings is 3. The summed E-state index contributed by atoms with van der Waals surface area (Å²) in [7, 11) is -4.28. The number of hydrogen-bond acceptors (Lipinski definition) is 5. The quantitative estimate of drug-likeness (QED) is 0.302. The van der Waals surface area contributed by atoms with E-state index in [0.29, 0.717) is 35.9 Å². The van der Waals surface area contributed by atoms with Crippen LogP contribution in [0, 0.1) is 5.82 Å². The van der Waals surface area contributed by atoms with E-state index in [1.165, 1.54) is 41.3 Å². The molecule has 1 atom stereocenters. The van der Waals surface area contributed by atoms with Crippen molar-refractivity contribution in [3.05, 3.63) is 89.2 Å². The number of hydrogen-bond donors (Lipinski definition) is 1. The predicted molar refractivity (Wildman–Crippen MR) is 153 cm³/mol. The van der Waals surface area contributed by atoms with E-state index >= 15 is 0 Å². The van der Waals surface area contributed by atoms with Crippen LogP contribution in [0.5, 0.6) is 5.75 Å². The summed E-state index contributed by atoms with van der Waals surface area (Å²) in [5, 5.41) is 3.27. The van der Waals surface area contributed by atoms with Gasteiger partial charge >= 0.3 is 0 Å². The highest BCUT2D eigenvalue weighted by atomic mass is 35.5. The van der Waals surface area contributed by atoms with E-state index in [-0.39, 0.29) is 23.0 Å². The third-order valence-corrected chi connectivity index (χ3v) is 8.16. The van der Waals surface area contributed by atoms with Crippen molar-refractivity contribution >= 4 is 39.1 Å². The van der Waals surface area contributed by atoms with Crippen LogP contribution in [-0.2, 0) is 26.2 Å². The Kier molecular flexibility index (Phi) is 10.9. The first kappa shape index (κ1) is 30.9. The maximum absolute atomic E-state index is 13.9. The molecular weight excluding hydrogens is 557 g/mol. The molecule has 0 aliphatic rings. The molecule has 0 fully saturated rings. The van der Waals surface area contributed by atoms with Crippen LogP contribution < -0.4 is 14.4 Å². The average molecular weight is 590 g/mol. The van der Waals surface area contributed by atoms with Crippen LogP contribution in [0.2, 0.25) is 5.02 Å². The van der Waals surface area contributed by atoms with Gasteiger partial charge in [-0.05, 0) is 86.5 Å². The van der Waals surface area contributed by atoms with Gasteiger partial charge in [0.15, 0.2) is 0 Å². The molecule has 0 heterocycles. The van der Waals surface area contributed by atoms with Crippen LogP contribution >= 0.6 is 11.6 Å². The Bertz CT molecular complexity index is 1380. The number of likely N-dealkylation sites (N-methyl/N-ethyl adjacent to an activating group) is 1. The first-order valence-electron chi connectivity index (χ1n) is 12.9. The zero-order valence-corrected chi connectivity index (χ0v) is 24.2.